The number of fused-ring (bicyclic) bond motifs is 1. The summed E-state index contributed by atoms with van der Waals surface area (Å²) in [6.45, 7) is 7.14. The Morgan fingerprint density at radius 2 is 2.08 bits per heavy atom. The van der Waals surface area contributed by atoms with Crippen LogP contribution in [0.15, 0.2) is 17.2 Å². The van der Waals surface area contributed by atoms with Gasteiger partial charge in [-0.25, -0.2) is 4.68 Å². The van der Waals surface area contributed by atoms with Crippen LogP contribution in [0.2, 0.25) is 25.7 Å². The first-order valence-corrected chi connectivity index (χ1v) is 11.9. The molecule has 0 fully saturated rings. The van der Waals surface area contributed by atoms with Gasteiger partial charge in [-0.05, 0) is 13.0 Å². The van der Waals surface area contributed by atoms with E-state index < -0.39 is 43.4 Å². The molecule has 0 bridgehead atoms. The summed E-state index contributed by atoms with van der Waals surface area (Å²) in [6, 6.07) is -0.919. The van der Waals surface area contributed by atoms with Crippen LogP contribution >= 0.6 is 0 Å². The molecule has 0 aliphatic heterocycles. The summed E-state index contributed by atoms with van der Waals surface area (Å²) in [6.07, 6.45) is -3.02. The predicted molar refractivity (Wildman–Crippen MR) is 94.9 cm³/mol. The van der Waals surface area contributed by atoms with Gasteiger partial charge in [-0.15, -0.1) is 0 Å². The Labute approximate surface area is 151 Å². The third kappa shape index (κ3) is 4.54. The molecule has 0 amide bonds. The Kier molecular flexibility index (Phi) is 5.54. The van der Waals surface area contributed by atoms with Gasteiger partial charge in [-0.1, -0.05) is 19.6 Å². The maximum absolute atomic E-state index is 13.4. The van der Waals surface area contributed by atoms with Crippen LogP contribution in [0.3, 0.4) is 0 Å². The van der Waals surface area contributed by atoms with E-state index in [1.165, 1.54) is 6.92 Å². The second-order valence-electron chi connectivity index (χ2n) is 7.36. The molecule has 0 radical (unpaired) electrons. The van der Waals surface area contributed by atoms with Gasteiger partial charge in [-0.3, -0.25) is 4.79 Å². The van der Waals surface area contributed by atoms with Gasteiger partial charge in [-0.2, -0.15) is 18.3 Å². The Morgan fingerprint density at radius 3 is 2.62 bits per heavy atom. The molecule has 0 aliphatic rings. The standard InChI is InChI=1S/C16H24F3N3O3Si/c1-11(9-23)21-8-12(16(17,18)19)14-13(21)7-20-22(15(14)24)10-25-5-6-26(2,3)4/h7-8,11,23H,5-6,9-10H2,1-4H3/i11D. The van der Waals surface area contributed by atoms with Crippen LogP contribution < -0.4 is 5.56 Å². The number of hydrogen-bond acceptors (Lipinski definition) is 4. The van der Waals surface area contributed by atoms with Gasteiger partial charge in [0.1, 0.15) is 6.73 Å². The first-order chi connectivity index (χ1) is 12.3. The van der Waals surface area contributed by atoms with Crippen LogP contribution in [0.5, 0.6) is 0 Å². The fourth-order valence-electron chi connectivity index (χ4n) is 2.41. The normalized spacial score (nSPS) is 15.9. The van der Waals surface area contributed by atoms with Gasteiger partial charge in [0, 0.05) is 20.9 Å². The van der Waals surface area contributed by atoms with E-state index in [0.717, 1.165) is 21.5 Å². The fourth-order valence-corrected chi connectivity index (χ4v) is 3.16. The van der Waals surface area contributed by atoms with Crippen molar-refractivity contribution in [1.82, 2.24) is 14.3 Å². The highest BCUT2D eigenvalue weighted by molar-refractivity contribution is 6.76. The summed E-state index contributed by atoms with van der Waals surface area (Å²) in [5, 5.41) is 12.6. The number of rotatable bonds is 7. The van der Waals surface area contributed by atoms with Gasteiger partial charge in [0.2, 0.25) is 0 Å². The average molecular weight is 392 g/mol. The predicted octanol–water partition coefficient (Wildman–Crippen LogP) is 3.08. The van der Waals surface area contributed by atoms with Crippen molar-refractivity contribution in [3.05, 3.63) is 28.3 Å². The van der Waals surface area contributed by atoms with Crippen molar-refractivity contribution in [3.63, 3.8) is 0 Å². The second kappa shape index (κ2) is 7.53. The lowest BCUT2D eigenvalue weighted by molar-refractivity contribution is -0.136. The van der Waals surface area contributed by atoms with E-state index in [2.05, 4.69) is 24.7 Å². The number of aliphatic hydroxyl groups excluding tert-OH is 1. The molecular formula is C16H24F3N3O3Si. The minimum absolute atomic E-state index is 0.155. The Morgan fingerprint density at radius 1 is 1.42 bits per heavy atom. The lowest BCUT2D eigenvalue weighted by Gasteiger charge is -2.15. The molecule has 26 heavy (non-hydrogen) atoms. The SMILES string of the molecule is [2H]C(C)(CO)n1cc(C(F)(F)F)c2c(=O)n(COCC[Si](C)(C)C)ncc21. The van der Waals surface area contributed by atoms with E-state index in [1.54, 1.807) is 0 Å². The highest BCUT2D eigenvalue weighted by Gasteiger charge is 2.36. The minimum atomic E-state index is -4.79. The van der Waals surface area contributed by atoms with Gasteiger partial charge < -0.3 is 14.4 Å². The highest BCUT2D eigenvalue weighted by atomic mass is 28.3. The average Bonchev–Trinajstić information content (AvgIpc) is 2.94. The molecule has 0 aromatic carbocycles. The summed E-state index contributed by atoms with van der Waals surface area (Å²) < 4.78 is 55.5. The van der Waals surface area contributed by atoms with Gasteiger partial charge in [0.25, 0.3) is 5.56 Å². The maximum Gasteiger partial charge on any atom is 0.418 e. The molecule has 0 spiro atoms. The number of hydrogen-bond donors (Lipinski definition) is 1. The largest absolute Gasteiger partial charge is 0.418 e. The van der Waals surface area contributed by atoms with Crippen molar-refractivity contribution in [3.8, 4) is 0 Å². The molecule has 0 saturated heterocycles. The van der Waals surface area contributed by atoms with Gasteiger partial charge in [0.15, 0.2) is 0 Å². The van der Waals surface area contributed by atoms with E-state index >= 15 is 0 Å². The molecule has 0 saturated carbocycles. The van der Waals surface area contributed by atoms with Crippen LogP contribution in [-0.2, 0) is 17.6 Å². The quantitative estimate of drug-likeness (QED) is 0.581. The third-order valence-electron chi connectivity index (χ3n) is 3.97. The first-order valence-electron chi connectivity index (χ1n) is 8.65. The number of halogens is 3. The van der Waals surface area contributed by atoms with E-state index in [0.29, 0.717) is 12.8 Å². The lowest BCUT2D eigenvalue weighted by Crippen LogP contribution is -2.27. The smallest absolute Gasteiger partial charge is 0.394 e. The Bertz CT molecular complexity index is 872. The molecule has 6 nitrogen and oxygen atoms in total. The van der Waals surface area contributed by atoms with Gasteiger partial charge in [0.05, 0.1) is 36.7 Å². The number of alkyl halides is 3. The van der Waals surface area contributed by atoms with Crippen LogP contribution in [0.4, 0.5) is 13.2 Å². The summed E-state index contributed by atoms with van der Waals surface area (Å²) in [5.41, 5.74) is -2.26. The molecule has 10 heteroatoms. The number of aromatic nitrogens is 3. The summed E-state index contributed by atoms with van der Waals surface area (Å²) >= 11 is 0. The van der Waals surface area contributed by atoms with Crippen molar-refractivity contribution >= 4 is 19.0 Å². The molecular weight excluding hydrogens is 367 g/mol. The summed E-state index contributed by atoms with van der Waals surface area (Å²) in [7, 11) is -1.34. The van der Waals surface area contributed by atoms with Crippen molar-refractivity contribution in [1.29, 1.82) is 0 Å². The van der Waals surface area contributed by atoms with Gasteiger partial charge >= 0.3 is 6.18 Å². The van der Waals surface area contributed by atoms with E-state index in [-0.39, 0.29) is 12.2 Å². The molecule has 1 N–H and O–H groups in total. The molecule has 2 rings (SSSR count). The highest BCUT2D eigenvalue weighted by Crippen LogP contribution is 2.35. The topological polar surface area (TPSA) is 69.3 Å². The summed E-state index contributed by atoms with van der Waals surface area (Å²) in [5.74, 6) is 0. The van der Waals surface area contributed by atoms with Crippen molar-refractivity contribution in [2.75, 3.05) is 13.2 Å². The van der Waals surface area contributed by atoms with Crippen LogP contribution in [0, 0.1) is 0 Å². The second-order valence-corrected chi connectivity index (χ2v) is 13.0. The number of nitrogens with zero attached hydrogens (tertiary/aromatic N) is 3. The van der Waals surface area contributed by atoms with E-state index in [9.17, 15) is 23.1 Å². The molecule has 2 aromatic rings. The zero-order chi connectivity index (χ0) is 20.6. The van der Waals surface area contributed by atoms with Crippen molar-refractivity contribution in [2.24, 2.45) is 0 Å². The molecule has 2 heterocycles. The minimum Gasteiger partial charge on any atom is -0.394 e. The first kappa shape index (κ1) is 19.1. The van der Waals surface area contributed by atoms with Crippen molar-refractivity contribution < 1.29 is 24.4 Å². The Balaban J connectivity index is 2.48. The number of aliphatic hydroxyl groups is 1. The van der Waals surface area contributed by atoms with E-state index in [1.807, 2.05) is 0 Å². The van der Waals surface area contributed by atoms with Crippen LogP contribution in [-0.4, -0.2) is 40.7 Å². The third-order valence-corrected chi connectivity index (χ3v) is 5.67. The zero-order valence-corrected chi connectivity index (χ0v) is 16.2. The molecule has 146 valence electrons. The van der Waals surface area contributed by atoms with Crippen LogP contribution in [0.1, 0.15) is 19.9 Å². The monoisotopic (exact) mass is 392 g/mol. The summed E-state index contributed by atoms with van der Waals surface area (Å²) in [4.78, 5) is 12.6. The number of ether oxygens (including phenoxy) is 1. The Hall–Kier alpha value is -1.65. The van der Waals surface area contributed by atoms with Crippen LogP contribution in [0.25, 0.3) is 10.9 Å². The van der Waals surface area contributed by atoms with Crippen molar-refractivity contribution in [2.45, 2.75) is 51.5 Å². The maximum atomic E-state index is 13.4. The molecule has 1 atom stereocenters. The lowest BCUT2D eigenvalue weighted by atomic mass is 10.2. The molecule has 2 aromatic heterocycles. The van der Waals surface area contributed by atoms with E-state index in [4.69, 9.17) is 6.11 Å². The zero-order valence-electron chi connectivity index (χ0n) is 16.2. The fraction of sp³-hybridized carbons (Fsp3) is 0.625. The molecule has 0 aliphatic carbocycles. The molecule has 1 unspecified atom stereocenters.